The minimum atomic E-state index is -0.481. The molecule has 5 nitrogen and oxygen atoms in total. The molecular formula is C18H32ClN3O2. The Balaban J connectivity index is 0.00000529. The lowest BCUT2D eigenvalue weighted by Gasteiger charge is -2.18. The lowest BCUT2D eigenvalue weighted by atomic mass is 9.99. The van der Waals surface area contributed by atoms with E-state index in [1.165, 1.54) is 0 Å². The fourth-order valence-corrected chi connectivity index (χ4v) is 2.20. The molecule has 24 heavy (non-hydrogen) atoms. The molecule has 138 valence electrons. The van der Waals surface area contributed by atoms with Gasteiger partial charge in [0, 0.05) is 12.2 Å². The summed E-state index contributed by atoms with van der Waals surface area (Å²) >= 11 is 0. The molecule has 6 heteroatoms. The van der Waals surface area contributed by atoms with Gasteiger partial charge in [-0.05, 0) is 43.3 Å². The first kappa shape index (κ1) is 22.7. The van der Waals surface area contributed by atoms with Gasteiger partial charge in [0.05, 0.1) is 6.04 Å². The monoisotopic (exact) mass is 357 g/mol. The number of halogens is 1. The fraction of sp³-hybridized carbons (Fsp3) is 0.611. The fourth-order valence-electron chi connectivity index (χ4n) is 2.20. The standard InChI is InChI=1S/C18H31N3O2.ClH/c1-5-14(4)17(19)18(22)20-15-8-10-16(11-9-15)23-13-12-21(6-2)7-3;/h8-11,14,17H,5-7,12-13,19H2,1-4H3,(H,20,22);1H. The summed E-state index contributed by atoms with van der Waals surface area (Å²) in [5.74, 6) is 0.827. The molecule has 0 bridgehead atoms. The molecule has 0 aliphatic rings. The van der Waals surface area contributed by atoms with Crippen LogP contribution < -0.4 is 15.8 Å². The van der Waals surface area contributed by atoms with E-state index in [9.17, 15) is 4.79 Å². The van der Waals surface area contributed by atoms with Crippen LogP contribution in [-0.2, 0) is 4.79 Å². The second-order valence-corrected chi connectivity index (χ2v) is 5.80. The molecule has 2 atom stereocenters. The maximum atomic E-state index is 12.0. The minimum absolute atomic E-state index is 0. The van der Waals surface area contributed by atoms with E-state index in [1.54, 1.807) is 0 Å². The predicted molar refractivity (Wildman–Crippen MR) is 103 cm³/mol. The minimum Gasteiger partial charge on any atom is -0.492 e. The normalized spacial score (nSPS) is 13.1. The van der Waals surface area contributed by atoms with Gasteiger partial charge in [-0.1, -0.05) is 34.1 Å². The Morgan fingerprint density at radius 3 is 2.29 bits per heavy atom. The van der Waals surface area contributed by atoms with Crippen LogP contribution in [0.25, 0.3) is 0 Å². The number of anilines is 1. The van der Waals surface area contributed by atoms with Gasteiger partial charge in [0.2, 0.25) is 5.91 Å². The van der Waals surface area contributed by atoms with Crippen molar-refractivity contribution in [1.29, 1.82) is 0 Å². The summed E-state index contributed by atoms with van der Waals surface area (Å²) in [5.41, 5.74) is 6.67. The number of hydrogen-bond donors (Lipinski definition) is 2. The van der Waals surface area contributed by atoms with Crippen molar-refractivity contribution >= 4 is 24.0 Å². The number of nitrogens with zero attached hydrogens (tertiary/aromatic N) is 1. The van der Waals surface area contributed by atoms with Crippen molar-refractivity contribution in [2.45, 2.75) is 40.2 Å². The first-order chi connectivity index (χ1) is 11.0. The number of carbonyl (C=O) groups excluding carboxylic acids is 1. The second kappa shape index (κ2) is 12.1. The summed E-state index contributed by atoms with van der Waals surface area (Å²) in [4.78, 5) is 14.3. The number of nitrogens with two attached hydrogens (primary N) is 1. The SMILES string of the molecule is CCC(C)C(N)C(=O)Nc1ccc(OCCN(CC)CC)cc1.Cl. The third-order valence-corrected chi connectivity index (χ3v) is 4.25. The Morgan fingerprint density at radius 2 is 1.79 bits per heavy atom. The average molecular weight is 358 g/mol. The van der Waals surface area contributed by atoms with Gasteiger partial charge < -0.3 is 20.7 Å². The van der Waals surface area contributed by atoms with E-state index < -0.39 is 6.04 Å². The van der Waals surface area contributed by atoms with E-state index in [4.69, 9.17) is 10.5 Å². The Bertz CT molecular complexity index is 464. The number of rotatable bonds is 10. The molecule has 0 aromatic heterocycles. The van der Waals surface area contributed by atoms with Gasteiger partial charge in [-0.15, -0.1) is 12.4 Å². The quantitative estimate of drug-likeness (QED) is 0.675. The number of amides is 1. The van der Waals surface area contributed by atoms with Crippen molar-refractivity contribution in [2.24, 2.45) is 11.7 Å². The van der Waals surface area contributed by atoms with Crippen molar-refractivity contribution in [3.8, 4) is 5.75 Å². The van der Waals surface area contributed by atoms with Crippen LogP contribution in [0.1, 0.15) is 34.1 Å². The molecule has 0 spiro atoms. The van der Waals surface area contributed by atoms with Gasteiger partial charge in [-0.3, -0.25) is 4.79 Å². The molecule has 1 rings (SSSR count). The van der Waals surface area contributed by atoms with E-state index in [-0.39, 0.29) is 24.2 Å². The molecule has 0 heterocycles. The van der Waals surface area contributed by atoms with Crippen molar-refractivity contribution in [3.63, 3.8) is 0 Å². The van der Waals surface area contributed by atoms with Crippen LogP contribution in [-0.4, -0.2) is 43.1 Å². The van der Waals surface area contributed by atoms with E-state index >= 15 is 0 Å². The Labute approximate surface area is 152 Å². The highest BCUT2D eigenvalue weighted by Crippen LogP contribution is 2.16. The molecule has 0 saturated carbocycles. The van der Waals surface area contributed by atoms with E-state index in [2.05, 4.69) is 24.1 Å². The maximum absolute atomic E-state index is 12.0. The summed E-state index contributed by atoms with van der Waals surface area (Å²) < 4.78 is 5.72. The smallest absolute Gasteiger partial charge is 0.241 e. The molecule has 1 amide bonds. The van der Waals surface area contributed by atoms with E-state index in [0.29, 0.717) is 6.61 Å². The molecule has 0 aliphatic carbocycles. The zero-order valence-electron chi connectivity index (χ0n) is 15.2. The summed E-state index contributed by atoms with van der Waals surface area (Å²) in [6, 6.07) is 6.94. The zero-order valence-corrected chi connectivity index (χ0v) is 16.1. The van der Waals surface area contributed by atoms with Crippen LogP contribution in [0.5, 0.6) is 5.75 Å². The lowest BCUT2D eigenvalue weighted by Crippen LogP contribution is -2.40. The summed E-state index contributed by atoms with van der Waals surface area (Å²) in [6.07, 6.45) is 0.883. The predicted octanol–water partition coefficient (Wildman–Crippen LogP) is 3.14. The van der Waals surface area contributed by atoms with Crippen LogP contribution in [0, 0.1) is 5.92 Å². The number of likely N-dealkylation sites (N-methyl/N-ethyl adjacent to an activating group) is 1. The third-order valence-electron chi connectivity index (χ3n) is 4.25. The largest absolute Gasteiger partial charge is 0.492 e. The van der Waals surface area contributed by atoms with Crippen molar-refractivity contribution in [3.05, 3.63) is 24.3 Å². The van der Waals surface area contributed by atoms with Gasteiger partial charge in [-0.25, -0.2) is 0 Å². The van der Waals surface area contributed by atoms with Crippen LogP contribution in [0.4, 0.5) is 5.69 Å². The Hall–Kier alpha value is -1.30. The van der Waals surface area contributed by atoms with Crippen LogP contribution in [0.2, 0.25) is 0 Å². The Morgan fingerprint density at radius 1 is 1.21 bits per heavy atom. The molecular weight excluding hydrogens is 326 g/mol. The molecule has 1 aromatic carbocycles. The van der Waals surface area contributed by atoms with Gasteiger partial charge in [0.1, 0.15) is 12.4 Å². The maximum Gasteiger partial charge on any atom is 0.241 e. The highest BCUT2D eigenvalue weighted by molar-refractivity contribution is 5.94. The molecule has 2 unspecified atom stereocenters. The van der Waals surface area contributed by atoms with Crippen molar-refractivity contribution in [1.82, 2.24) is 4.90 Å². The van der Waals surface area contributed by atoms with Crippen molar-refractivity contribution in [2.75, 3.05) is 31.6 Å². The first-order valence-corrected chi connectivity index (χ1v) is 8.53. The number of carbonyl (C=O) groups is 1. The van der Waals surface area contributed by atoms with Crippen molar-refractivity contribution < 1.29 is 9.53 Å². The van der Waals surface area contributed by atoms with Crippen LogP contribution >= 0.6 is 12.4 Å². The zero-order chi connectivity index (χ0) is 17.2. The molecule has 0 aliphatic heterocycles. The van der Waals surface area contributed by atoms with E-state index in [0.717, 1.165) is 37.5 Å². The topological polar surface area (TPSA) is 67.6 Å². The highest BCUT2D eigenvalue weighted by atomic mass is 35.5. The molecule has 3 N–H and O–H groups in total. The Kier molecular flexibility index (Phi) is 11.5. The number of hydrogen-bond acceptors (Lipinski definition) is 4. The van der Waals surface area contributed by atoms with Gasteiger partial charge in [-0.2, -0.15) is 0 Å². The third kappa shape index (κ3) is 7.51. The summed E-state index contributed by atoms with van der Waals surface area (Å²) in [6.45, 7) is 11.9. The van der Waals surface area contributed by atoms with Gasteiger partial charge >= 0.3 is 0 Å². The number of nitrogens with one attached hydrogen (secondary N) is 1. The van der Waals surface area contributed by atoms with Gasteiger partial charge in [0.15, 0.2) is 0 Å². The van der Waals surface area contributed by atoms with Gasteiger partial charge in [0.25, 0.3) is 0 Å². The molecule has 1 aromatic rings. The lowest BCUT2D eigenvalue weighted by molar-refractivity contribution is -0.118. The molecule has 0 radical (unpaired) electrons. The number of ether oxygens (including phenoxy) is 1. The van der Waals surface area contributed by atoms with E-state index in [1.807, 2.05) is 38.1 Å². The molecule has 0 fully saturated rings. The first-order valence-electron chi connectivity index (χ1n) is 8.53. The second-order valence-electron chi connectivity index (χ2n) is 5.80. The van der Waals surface area contributed by atoms with Crippen LogP contribution in [0.15, 0.2) is 24.3 Å². The summed E-state index contributed by atoms with van der Waals surface area (Å²) in [7, 11) is 0. The summed E-state index contributed by atoms with van der Waals surface area (Å²) in [5, 5.41) is 2.85. The molecule has 0 saturated heterocycles. The highest BCUT2D eigenvalue weighted by Gasteiger charge is 2.19. The average Bonchev–Trinajstić information content (AvgIpc) is 2.58. The van der Waals surface area contributed by atoms with Crippen LogP contribution in [0.3, 0.4) is 0 Å². The number of benzene rings is 1.